The topological polar surface area (TPSA) is 545 Å². The van der Waals surface area contributed by atoms with E-state index in [-0.39, 0.29) is 25.2 Å². The van der Waals surface area contributed by atoms with Gasteiger partial charge in [-0.3, -0.25) is 4.79 Å². The Morgan fingerprint density at radius 2 is 1.03 bits per heavy atom. The molecule has 7 aliphatic rings. The van der Waals surface area contributed by atoms with E-state index in [1.165, 1.54) is 0 Å². The lowest BCUT2D eigenvalue weighted by atomic mass is 9.41. The Balaban J connectivity index is 1.18. The van der Waals surface area contributed by atoms with E-state index >= 15 is 4.79 Å². The zero-order valence-corrected chi connectivity index (χ0v) is 48.2. The molecule has 22 N–H and O–H groups in total. The zero-order chi connectivity index (χ0) is 64.6. The molecule has 0 aromatic rings. The minimum atomic E-state index is -2.65. The lowest BCUT2D eigenvalue weighted by Gasteiger charge is -2.64. The molecule has 87 heavy (non-hydrogen) atoms. The van der Waals surface area contributed by atoms with Crippen LogP contribution in [0.25, 0.3) is 0 Å². The highest BCUT2D eigenvalue weighted by Crippen LogP contribution is 2.74. The number of carbonyl (C=O) groups is 1. The largest absolute Gasteiger partial charge is 0.506 e. The van der Waals surface area contributed by atoms with Gasteiger partial charge in [-0.25, -0.2) is 0 Å². The summed E-state index contributed by atoms with van der Waals surface area (Å²) >= 11 is 0. The van der Waals surface area contributed by atoms with Crippen molar-refractivity contribution in [2.75, 3.05) is 33.0 Å². The van der Waals surface area contributed by atoms with Gasteiger partial charge in [0.25, 0.3) is 0 Å². The number of hydrogen-bond donors (Lipinski definition) is 22. The molecule has 32 heteroatoms. The van der Waals surface area contributed by atoms with Crippen molar-refractivity contribution in [3.05, 3.63) is 46.7 Å². The first-order valence-electron chi connectivity index (χ1n) is 28.9. The summed E-state index contributed by atoms with van der Waals surface area (Å²) in [4.78, 5) is 15.2. The minimum Gasteiger partial charge on any atom is -0.506 e. The number of aliphatic hydroxyl groups excluding tert-OH is 22. The summed E-state index contributed by atoms with van der Waals surface area (Å²) in [5.74, 6) is -9.46. The van der Waals surface area contributed by atoms with Gasteiger partial charge in [-0.1, -0.05) is 19.9 Å². The van der Waals surface area contributed by atoms with Gasteiger partial charge in [0.15, 0.2) is 53.2 Å². The maximum atomic E-state index is 15.2. The van der Waals surface area contributed by atoms with E-state index in [0.29, 0.717) is 44.1 Å². The van der Waals surface area contributed by atoms with Crippen molar-refractivity contribution in [2.45, 2.75) is 226 Å². The lowest BCUT2D eigenvalue weighted by Crippen LogP contribution is -2.66. The molecule has 7 rings (SSSR count). The molecule has 500 valence electrons. The van der Waals surface area contributed by atoms with E-state index in [0.717, 1.165) is 6.92 Å². The minimum absolute atomic E-state index is 0.185. The zero-order valence-electron chi connectivity index (χ0n) is 48.2. The molecule has 3 aliphatic heterocycles. The molecule has 1 spiro atoms. The van der Waals surface area contributed by atoms with E-state index in [2.05, 4.69) is 6.58 Å². The quantitative estimate of drug-likeness (QED) is 0.0136. The number of esters is 1. The average molecular weight is 1260 g/mol. The van der Waals surface area contributed by atoms with Crippen molar-refractivity contribution >= 4 is 5.97 Å². The number of aliphatic hydroxyl groups is 22. The number of carbonyl (C=O) groups excluding carboxylic acids is 1. The second-order valence-electron chi connectivity index (χ2n) is 24.4. The van der Waals surface area contributed by atoms with Crippen LogP contribution in [0.15, 0.2) is 46.7 Å². The Labute approximate surface area is 498 Å². The summed E-state index contributed by atoms with van der Waals surface area (Å²) in [5, 5.41) is 232. The normalized spacial score (nSPS) is 42.7. The summed E-state index contributed by atoms with van der Waals surface area (Å²) in [6.07, 6.45) is -40.3. The van der Waals surface area contributed by atoms with Crippen LogP contribution >= 0.6 is 0 Å². The van der Waals surface area contributed by atoms with E-state index < -0.39 is 243 Å². The van der Waals surface area contributed by atoms with Gasteiger partial charge < -0.3 is 155 Å². The van der Waals surface area contributed by atoms with Gasteiger partial charge in [0.05, 0.1) is 30.8 Å². The summed E-state index contributed by atoms with van der Waals surface area (Å²) in [7, 11) is 0. The number of hydrogen-bond acceptors (Lipinski definition) is 32. The smallest absolute Gasteiger partial charge is 0.314 e. The van der Waals surface area contributed by atoms with Gasteiger partial charge in [0.2, 0.25) is 25.2 Å². The highest BCUT2D eigenvalue weighted by Gasteiger charge is 2.70. The Morgan fingerprint density at radius 3 is 1.56 bits per heavy atom. The van der Waals surface area contributed by atoms with Gasteiger partial charge in [-0.15, -0.1) is 0 Å². The Hall–Kier alpha value is -3.73. The van der Waals surface area contributed by atoms with Crippen molar-refractivity contribution < 1.29 is 160 Å². The fourth-order valence-corrected chi connectivity index (χ4v) is 14.5. The van der Waals surface area contributed by atoms with Crippen molar-refractivity contribution in [2.24, 2.45) is 28.1 Å². The first-order chi connectivity index (χ1) is 40.8. The Morgan fingerprint density at radius 1 is 0.563 bits per heavy atom. The molecule has 0 amide bonds. The fourth-order valence-electron chi connectivity index (χ4n) is 14.5. The van der Waals surface area contributed by atoms with Gasteiger partial charge in [-0.2, -0.15) is 0 Å². The van der Waals surface area contributed by atoms with Gasteiger partial charge in [0.1, 0.15) is 85.5 Å². The molecule has 2 bridgehead atoms. The van der Waals surface area contributed by atoms with E-state index in [9.17, 15) is 112 Å². The molecule has 0 aromatic heterocycles. The molecule has 32 nitrogen and oxygen atoms in total. The van der Waals surface area contributed by atoms with Crippen LogP contribution in [0, 0.1) is 28.1 Å². The van der Waals surface area contributed by atoms with Crippen LogP contribution in [-0.4, -0.2) is 286 Å². The molecule has 0 radical (unpaired) electrons. The van der Waals surface area contributed by atoms with Gasteiger partial charge in [0, 0.05) is 26.1 Å². The molecule has 4 aliphatic carbocycles. The molecule has 3 saturated heterocycles. The molecule has 27 atom stereocenters. The standard InChI is InChI=1S/C55H88O32/c1-21-16-54-12-6-28-52(3,10-5-11-53(28,4)51(78)86-49-43(83-45(75)37(71)30(64)22(2)61)41(34(68)26(18-59)80-49)82-46(76)38(72)31(65)23(62)8-14-56)29(54)7-13-55(21,20-54)87-50-44(84-47(77)39(73)32(66)24(63)9-15-57)42(35(69)27(19-60)81-50)85-48-40(74)36(70)33(67)25(17-58)79-48/h22-29,33-36,40-50,56-77H,1,5-20H2,2-4H3/b37-30+,38-31-,39-32-. The van der Waals surface area contributed by atoms with Crippen LogP contribution in [0.5, 0.6) is 0 Å². The monoisotopic (exact) mass is 1260 g/mol. The van der Waals surface area contributed by atoms with Crippen molar-refractivity contribution in [3.8, 4) is 0 Å². The highest BCUT2D eigenvalue weighted by molar-refractivity contribution is 5.77. The first kappa shape index (κ1) is 70.7. The second kappa shape index (κ2) is 28.4. The molecular formula is C55H88O32. The van der Waals surface area contributed by atoms with Crippen molar-refractivity contribution in [1.29, 1.82) is 0 Å². The van der Waals surface area contributed by atoms with Crippen LogP contribution in [0.4, 0.5) is 0 Å². The first-order valence-corrected chi connectivity index (χ1v) is 28.9. The number of ether oxygens (including phenoxy) is 9. The molecule has 0 aromatic carbocycles. The second-order valence-corrected chi connectivity index (χ2v) is 24.4. The summed E-state index contributed by atoms with van der Waals surface area (Å²) < 4.78 is 53.5. The highest BCUT2D eigenvalue weighted by atomic mass is 16.8. The van der Waals surface area contributed by atoms with Crippen molar-refractivity contribution in [1.82, 2.24) is 0 Å². The summed E-state index contributed by atoms with van der Waals surface area (Å²) in [6, 6.07) is 0. The Bertz CT molecular complexity index is 2440. The Kier molecular flexibility index (Phi) is 23.1. The maximum absolute atomic E-state index is 15.2. The van der Waals surface area contributed by atoms with Crippen LogP contribution in [0.1, 0.15) is 91.4 Å². The fraction of sp³-hybridized carbons (Fsp3) is 0.836. The van der Waals surface area contributed by atoms with Gasteiger partial charge >= 0.3 is 5.97 Å². The molecule has 27 unspecified atom stereocenters. The van der Waals surface area contributed by atoms with Crippen molar-refractivity contribution in [3.63, 3.8) is 0 Å². The third kappa shape index (κ3) is 13.8. The molecular weight excluding hydrogens is 1170 g/mol. The number of fused-ring (bicyclic) bond motifs is 3. The molecule has 4 saturated carbocycles. The molecule has 7 fully saturated rings. The van der Waals surface area contributed by atoms with E-state index in [1.54, 1.807) is 6.92 Å². The van der Waals surface area contributed by atoms with E-state index in [4.69, 9.17) is 42.6 Å². The van der Waals surface area contributed by atoms with Crippen LogP contribution < -0.4 is 0 Å². The number of rotatable bonds is 25. The van der Waals surface area contributed by atoms with Crippen LogP contribution in [0.3, 0.4) is 0 Å². The predicted molar refractivity (Wildman–Crippen MR) is 285 cm³/mol. The van der Waals surface area contributed by atoms with Crippen LogP contribution in [0.2, 0.25) is 0 Å². The predicted octanol–water partition coefficient (Wildman–Crippen LogP) is -4.06. The SMILES string of the molecule is C=C1CC23CCC4C(C)(C(=O)OC5OC(CO)C(O)C(OC(O)/C(O)=C(/O)C(O)CCO)C5OC(O)/C(O)=C(\O)C(C)O)CCCC4(C)C2CCC1(OC1OC(CO)C(O)C(OC2OC(CO)C(O)C(O)C2O)C1OC(O)/C(O)=C(/O)C(O)CCO)C3. The summed E-state index contributed by atoms with van der Waals surface area (Å²) in [6.45, 7) is 5.00. The molecule has 3 heterocycles. The third-order valence-electron chi connectivity index (χ3n) is 19.1. The summed E-state index contributed by atoms with van der Waals surface area (Å²) in [5.41, 5.74) is -3.50. The maximum Gasteiger partial charge on any atom is 0.314 e. The van der Waals surface area contributed by atoms with E-state index in [1.807, 2.05) is 6.92 Å². The van der Waals surface area contributed by atoms with Crippen LogP contribution in [-0.2, 0) is 47.4 Å². The third-order valence-corrected chi connectivity index (χ3v) is 19.1. The lowest BCUT2D eigenvalue weighted by molar-refractivity contribution is -0.383. The van der Waals surface area contributed by atoms with Gasteiger partial charge in [-0.05, 0) is 93.5 Å². The average Bonchev–Trinajstić information content (AvgIpc) is 1.64.